The standard InChI is InChI=1S/C21H22BrNO4/c1-3-4-13-27-21(25)15-5-9-18(10-6-15)23-20(24)12-7-16-14-17(22)8-11-19(16)26-2/h5-12,14H,3-4,13H2,1-2H3,(H,23,24)/b12-7+. The predicted octanol–water partition coefficient (Wildman–Crippen LogP) is 5.07. The Labute approximate surface area is 167 Å². The maximum atomic E-state index is 12.1. The summed E-state index contributed by atoms with van der Waals surface area (Å²) in [6.45, 7) is 2.45. The minimum absolute atomic E-state index is 0.282. The van der Waals surface area contributed by atoms with Gasteiger partial charge in [-0.2, -0.15) is 0 Å². The zero-order chi connectivity index (χ0) is 19.6. The minimum atomic E-state index is -0.358. The van der Waals surface area contributed by atoms with E-state index in [-0.39, 0.29) is 11.9 Å². The highest BCUT2D eigenvalue weighted by atomic mass is 79.9. The number of unbranched alkanes of at least 4 members (excludes halogenated alkanes) is 1. The molecule has 0 atom stereocenters. The fourth-order valence-corrected chi connectivity index (χ4v) is 2.65. The molecule has 27 heavy (non-hydrogen) atoms. The number of rotatable bonds is 8. The van der Waals surface area contributed by atoms with E-state index in [1.807, 2.05) is 25.1 Å². The Morgan fingerprint density at radius 3 is 2.56 bits per heavy atom. The molecule has 0 spiro atoms. The number of anilines is 1. The van der Waals surface area contributed by atoms with Crippen LogP contribution in [0.15, 0.2) is 53.0 Å². The number of carbonyl (C=O) groups excluding carboxylic acids is 2. The Bertz CT molecular complexity index is 815. The summed E-state index contributed by atoms with van der Waals surface area (Å²) in [5.41, 5.74) is 1.83. The molecule has 142 valence electrons. The molecule has 2 aromatic carbocycles. The van der Waals surface area contributed by atoms with Crippen LogP contribution in [0.25, 0.3) is 6.08 Å². The molecule has 0 saturated heterocycles. The number of ether oxygens (including phenoxy) is 2. The zero-order valence-electron chi connectivity index (χ0n) is 15.3. The predicted molar refractivity (Wildman–Crippen MR) is 110 cm³/mol. The Morgan fingerprint density at radius 2 is 1.89 bits per heavy atom. The first kappa shape index (κ1) is 20.7. The van der Waals surface area contributed by atoms with Gasteiger partial charge in [0.2, 0.25) is 5.91 Å². The van der Waals surface area contributed by atoms with Crippen LogP contribution >= 0.6 is 15.9 Å². The van der Waals surface area contributed by atoms with Crippen LogP contribution in [0.2, 0.25) is 0 Å². The molecule has 0 heterocycles. The summed E-state index contributed by atoms with van der Waals surface area (Å²) in [5, 5.41) is 2.75. The number of hydrogen-bond donors (Lipinski definition) is 1. The monoisotopic (exact) mass is 431 g/mol. The van der Waals surface area contributed by atoms with Crippen molar-refractivity contribution in [3.63, 3.8) is 0 Å². The molecule has 2 aromatic rings. The molecule has 0 aliphatic heterocycles. The molecule has 0 fully saturated rings. The van der Waals surface area contributed by atoms with Gasteiger partial charge in [-0.05, 0) is 55.0 Å². The molecular weight excluding hydrogens is 410 g/mol. The molecule has 0 radical (unpaired) electrons. The maximum Gasteiger partial charge on any atom is 0.338 e. The van der Waals surface area contributed by atoms with Crippen molar-refractivity contribution < 1.29 is 19.1 Å². The van der Waals surface area contributed by atoms with Gasteiger partial charge in [0.05, 0.1) is 19.3 Å². The van der Waals surface area contributed by atoms with E-state index in [4.69, 9.17) is 9.47 Å². The fourth-order valence-electron chi connectivity index (χ4n) is 2.27. The summed E-state index contributed by atoms with van der Waals surface area (Å²) in [5.74, 6) is 0.0338. The van der Waals surface area contributed by atoms with Crippen LogP contribution < -0.4 is 10.1 Å². The highest BCUT2D eigenvalue weighted by Gasteiger charge is 2.07. The van der Waals surface area contributed by atoms with Crippen molar-refractivity contribution in [2.75, 3.05) is 19.0 Å². The molecule has 0 aliphatic rings. The number of carbonyl (C=O) groups is 2. The van der Waals surface area contributed by atoms with Gasteiger partial charge in [-0.15, -0.1) is 0 Å². The molecule has 6 heteroatoms. The van der Waals surface area contributed by atoms with Gasteiger partial charge in [0.15, 0.2) is 0 Å². The number of hydrogen-bond acceptors (Lipinski definition) is 4. The number of benzene rings is 2. The minimum Gasteiger partial charge on any atom is -0.496 e. The molecular formula is C21H22BrNO4. The van der Waals surface area contributed by atoms with Gasteiger partial charge >= 0.3 is 5.97 Å². The Morgan fingerprint density at radius 1 is 1.15 bits per heavy atom. The first-order valence-electron chi connectivity index (χ1n) is 8.63. The van der Waals surface area contributed by atoms with Gasteiger partial charge in [0, 0.05) is 21.8 Å². The molecule has 0 unspecified atom stereocenters. The third-order valence-corrected chi connectivity index (χ3v) is 4.22. The van der Waals surface area contributed by atoms with Crippen LogP contribution in [0, 0.1) is 0 Å². The van der Waals surface area contributed by atoms with E-state index < -0.39 is 0 Å². The Hall–Kier alpha value is -2.60. The van der Waals surface area contributed by atoms with E-state index in [1.54, 1.807) is 37.5 Å². The van der Waals surface area contributed by atoms with E-state index >= 15 is 0 Å². The number of halogens is 1. The van der Waals surface area contributed by atoms with E-state index in [2.05, 4.69) is 21.2 Å². The lowest BCUT2D eigenvalue weighted by Crippen LogP contribution is -2.09. The van der Waals surface area contributed by atoms with Crippen molar-refractivity contribution in [1.82, 2.24) is 0 Å². The van der Waals surface area contributed by atoms with Crippen molar-refractivity contribution in [3.05, 3.63) is 64.1 Å². The SMILES string of the molecule is CCCCOC(=O)c1ccc(NC(=O)/C=C/c2cc(Br)ccc2OC)cc1. The van der Waals surface area contributed by atoms with Crippen molar-refractivity contribution in [2.24, 2.45) is 0 Å². The van der Waals surface area contributed by atoms with Crippen LogP contribution in [0.3, 0.4) is 0 Å². The fraction of sp³-hybridized carbons (Fsp3) is 0.238. The summed E-state index contributed by atoms with van der Waals surface area (Å²) in [7, 11) is 1.58. The van der Waals surface area contributed by atoms with Crippen molar-refractivity contribution in [2.45, 2.75) is 19.8 Å². The largest absolute Gasteiger partial charge is 0.496 e. The number of nitrogens with one attached hydrogen (secondary N) is 1. The smallest absolute Gasteiger partial charge is 0.338 e. The molecule has 1 amide bonds. The molecule has 0 aromatic heterocycles. The summed E-state index contributed by atoms with van der Waals surface area (Å²) in [6.07, 6.45) is 4.92. The second-order valence-corrected chi connectivity index (χ2v) is 6.69. The molecule has 0 saturated carbocycles. The third kappa shape index (κ3) is 6.57. The van der Waals surface area contributed by atoms with E-state index in [0.717, 1.165) is 22.9 Å². The van der Waals surface area contributed by atoms with E-state index in [0.29, 0.717) is 23.6 Å². The summed E-state index contributed by atoms with van der Waals surface area (Å²) in [6, 6.07) is 12.1. The average Bonchev–Trinajstić information content (AvgIpc) is 2.67. The van der Waals surface area contributed by atoms with Gasteiger partial charge in [-0.3, -0.25) is 4.79 Å². The average molecular weight is 432 g/mol. The lowest BCUT2D eigenvalue weighted by molar-refractivity contribution is -0.111. The van der Waals surface area contributed by atoms with Crippen LogP contribution in [0.4, 0.5) is 5.69 Å². The lowest BCUT2D eigenvalue weighted by atomic mass is 10.2. The number of amides is 1. The first-order chi connectivity index (χ1) is 13.0. The highest BCUT2D eigenvalue weighted by Crippen LogP contribution is 2.24. The Balaban J connectivity index is 1.96. The summed E-state index contributed by atoms with van der Waals surface area (Å²) in [4.78, 5) is 24.0. The second kappa shape index (κ2) is 10.5. The highest BCUT2D eigenvalue weighted by molar-refractivity contribution is 9.10. The second-order valence-electron chi connectivity index (χ2n) is 5.78. The van der Waals surface area contributed by atoms with Gasteiger partial charge < -0.3 is 14.8 Å². The van der Waals surface area contributed by atoms with Gasteiger partial charge in [-0.25, -0.2) is 4.79 Å². The van der Waals surface area contributed by atoms with Crippen molar-refractivity contribution in [3.8, 4) is 5.75 Å². The normalized spacial score (nSPS) is 10.6. The molecule has 1 N–H and O–H groups in total. The van der Waals surface area contributed by atoms with Crippen molar-refractivity contribution in [1.29, 1.82) is 0 Å². The molecule has 2 rings (SSSR count). The topological polar surface area (TPSA) is 64.6 Å². The van der Waals surface area contributed by atoms with Crippen LogP contribution in [-0.2, 0) is 9.53 Å². The maximum absolute atomic E-state index is 12.1. The molecule has 0 aliphatic carbocycles. The molecule has 5 nitrogen and oxygen atoms in total. The first-order valence-corrected chi connectivity index (χ1v) is 9.42. The van der Waals surface area contributed by atoms with Crippen molar-refractivity contribution >= 4 is 39.6 Å². The molecule has 0 bridgehead atoms. The van der Waals surface area contributed by atoms with E-state index in [9.17, 15) is 9.59 Å². The number of methoxy groups -OCH3 is 1. The van der Waals surface area contributed by atoms with Gasteiger partial charge in [0.25, 0.3) is 0 Å². The van der Waals surface area contributed by atoms with Crippen LogP contribution in [-0.4, -0.2) is 25.6 Å². The van der Waals surface area contributed by atoms with Crippen LogP contribution in [0.1, 0.15) is 35.7 Å². The van der Waals surface area contributed by atoms with Gasteiger partial charge in [0.1, 0.15) is 5.75 Å². The summed E-state index contributed by atoms with van der Waals surface area (Å²) < 4.78 is 11.3. The summed E-state index contributed by atoms with van der Waals surface area (Å²) >= 11 is 3.40. The van der Waals surface area contributed by atoms with E-state index in [1.165, 1.54) is 6.08 Å². The zero-order valence-corrected chi connectivity index (χ0v) is 16.9. The number of esters is 1. The Kier molecular flexibility index (Phi) is 8.07. The van der Waals surface area contributed by atoms with Gasteiger partial charge in [-0.1, -0.05) is 29.3 Å². The third-order valence-electron chi connectivity index (χ3n) is 3.73. The van der Waals surface area contributed by atoms with Crippen LogP contribution in [0.5, 0.6) is 5.75 Å². The lowest BCUT2D eigenvalue weighted by Gasteiger charge is -2.06. The quantitative estimate of drug-likeness (QED) is 0.360.